The van der Waals surface area contributed by atoms with Gasteiger partial charge in [-0.25, -0.2) is 0 Å². The van der Waals surface area contributed by atoms with Crippen molar-refractivity contribution in [2.24, 2.45) is 0 Å². The lowest BCUT2D eigenvalue weighted by molar-refractivity contribution is 1.25. The van der Waals surface area contributed by atoms with Gasteiger partial charge >= 0.3 is 0 Å². The number of thioether (sulfide) groups is 1. The highest BCUT2D eigenvalue weighted by atomic mass is 32.2. The monoisotopic (exact) mass is 343 g/mol. The lowest BCUT2D eigenvalue weighted by Crippen LogP contribution is -2.03. The van der Waals surface area contributed by atoms with Crippen molar-refractivity contribution >= 4 is 28.2 Å². The van der Waals surface area contributed by atoms with Crippen LogP contribution in [-0.2, 0) is 6.42 Å². The molecule has 1 aliphatic heterocycles. The van der Waals surface area contributed by atoms with Crippen LogP contribution in [0.5, 0.6) is 0 Å². The van der Waals surface area contributed by atoms with Crippen LogP contribution in [0.1, 0.15) is 5.56 Å². The Hall–Kier alpha value is -2.45. The smallest absolute Gasteiger partial charge is 0.0469 e. The van der Waals surface area contributed by atoms with E-state index in [1.54, 1.807) is 0 Å². The second kappa shape index (κ2) is 7.20. The predicted molar refractivity (Wildman–Crippen MR) is 112 cm³/mol. The van der Waals surface area contributed by atoms with Crippen LogP contribution in [0.25, 0.3) is 21.9 Å². The van der Waals surface area contributed by atoms with Gasteiger partial charge in [0.25, 0.3) is 0 Å². The first-order valence-corrected chi connectivity index (χ1v) is 9.84. The van der Waals surface area contributed by atoms with Crippen molar-refractivity contribution in [3.8, 4) is 11.1 Å². The van der Waals surface area contributed by atoms with Gasteiger partial charge in [0, 0.05) is 22.5 Å². The van der Waals surface area contributed by atoms with E-state index in [0.29, 0.717) is 0 Å². The molecule has 0 aromatic heterocycles. The van der Waals surface area contributed by atoms with E-state index in [0.717, 1.165) is 13.0 Å². The van der Waals surface area contributed by atoms with Gasteiger partial charge in [0.15, 0.2) is 0 Å². The van der Waals surface area contributed by atoms with Crippen LogP contribution in [-0.4, -0.2) is 12.8 Å². The van der Waals surface area contributed by atoms with Gasteiger partial charge in [0.1, 0.15) is 0 Å². The second-order valence-electron chi connectivity index (χ2n) is 6.15. The summed E-state index contributed by atoms with van der Waals surface area (Å²) in [6.07, 6.45) is 11.8. The van der Waals surface area contributed by atoms with E-state index < -0.39 is 0 Å². The van der Waals surface area contributed by atoms with E-state index in [1.165, 1.54) is 38.0 Å². The molecule has 0 radical (unpaired) electrons. The molecule has 3 aromatic rings. The van der Waals surface area contributed by atoms with E-state index in [1.807, 2.05) is 11.8 Å². The standard InChI is InChI=1S/C23H21NS/c1-25-23-20(17-9-6-4-7-10-17)15-14-18-12-13-19-11-5-2-3-8-16-24-22(19)21(18)23/h2-10,12-15,24H,11,16H2,1H3/b5-2-,8-3-. The fourth-order valence-electron chi connectivity index (χ4n) is 3.44. The van der Waals surface area contributed by atoms with Crippen molar-refractivity contribution in [3.63, 3.8) is 0 Å². The Bertz CT molecular complexity index is 955. The number of fused-ring (bicyclic) bond motifs is 3. The van der Waals surface area contributed by atoms with Gasteiger partial charge in [-0.2, -0.15) is 0 Å². The van der Waals surface area contributed by atoms with Crippen molar-refractivity contribution < 1.29 is 0 Å². The van der Waals surface area contributed by atoms with Gasteiger partial charge in [-0.3, -0.25) is 0 Å². The van der Waals surface area contributed by atoms with Crippen LogP contribution in [0.4, 0.5) is 5.69 Å². The maximum Gasteiger partial charge on any atom is 0.0469 e. The summed E-state index contributed by atoms with van der Waals surface area (Å²) < 4.78 is 0. The molecular formula is C23H21NS. The Balaban J connectivity index is 2.00. The molecule has 3 aromatic carbocycles. The molecule has 0 fully saturated rings. The molecule has 0 bridgehead atoms. The molecule has 1 heterocycles. The minimum Gasteiger partial charge on any atom is -0.381 e. The summed E-state index contributed by atoms with van der Waals surface area (Å²) in [4.78, 5) is 1.35. The Kier molecular flexibility index (Phi) is 4.62. The van der Waals surface area contributed by atoms with Crippen molar-refractivity contribution in [2.45, 2.75) is 11.3 Å². The first kappa shape index (κ1) is 16.0. The highest BCUT2D eigenvalue weighted by Crippen LogP contribution is 2.41. The highest BCUT2D eigenvalue weighted by Gasteiger charge is 2.15. The topological polar surface area (TPSA) is 12.0 Å². The summed E-state index contributed by atoms with van der Waals surface area (Å²) in [7, 11) is 0. The van der Waals surface area contributed by atoms with Crippen molar-refractivity contribution in [1.29, 1.82) is 0 Å². The number of allylic oxidation sites excluding steroid dienone is 3. The van der Waals surface area contributed by atoms with Crippen LogP contribution in [0.15, 0.2) is 83.8 Å². The molecule has 124 valence electrons. The number of benzene rings is 3. The SMILES string of the molecule is CSc1c(-c2ccccc2)ccc2ccc3c(c12)NC/C=C\C=C/C3. The number of hydrogen-bond acceptors (Lipinski definition) is 2. The molecule has 2 heteroatoms. The average Bonchev–Trinajstić information content (AvgIpc) is 2.79. The van der Waals surface area contributed by atoms with Gasteiger partial charge in [-0.05, 0) is 34.8 Å². The zero-order valence-corrected chi connectivity index (χ0v) is 15.1. The molecule has 25 heavy (non-hydrogen) atoms. The molecule has 0 spiro atoms. The first-order chi connectivity index (χ1) is 12.4. The van der Waals surface area contributed by atoms with E-state index >= 15 is 0 Å². The number of hydrogen-bond donors (Lipinski definition) is 1. The van der Waals surface area contributed by atoms with Crippen molar-refractivity contribution in [3.05, 3.63) is 84.5 Å². The molecule has 0 saturated carbocycles. The molecule has 0 aliphatic carbocycles. The largest absolute Gasteiger partial charge is 0.381 e. The molecule has 0 atom stereocenters. The summed E-state index contributed by atoms with van der Waals surface area (Å²) in [6.45, 7) is 0.847. The van der Waals surface area contributed by atoms with Crippen LogP contribution in [0.2, 0.25) is 0 Å². The zero-order chi connectivity index (χ0) is 17.1. The average molecular weight is 343 g/mol. The minimum absolute atomic E-state index is 0.847. The molecule has 0 amide bonds. The van der Waals surface area contributed by atoms with Crippen LogP contribution >= 0.6 is 11.8 Å². The fraction of sp³-hybridized carbons (Fsp3) is 0.130. The summed E-state index contributed by atoms with van der Waals surface area (Å²) in [5.74, 6) is 0. The molecule has 4 rings (SSSR count). The van der Waals surface area contributed by atoms with Crippen LogP contribution in [0, 0.1) is 0 Å². The van der Waals surface area contributed by atoms with Gasteiger partial charge in [-0.1, -0.05) is 78.9 Å². The summed E-state index contributed by atoms with van der Waals surface area (Å²) in [5, 5.41) is 6.30. The zero-order valence-electron chi connectivity index (χ0n) is 14.3. The Morgan fingerprint density at radius 3 is 2.52 bits per heavy atom. The molecule has 1 nitrogen and oxygen atoms in total. The lowest BCUT2D eigenvalue weighted by atomic mass is 9.96. The normalized spacial score (nSPS) is 16.2. The summed E-state index contributed by atoms with van der Waals surface area (Å²) >= 11 is 1.83. The third-order valence-electron chi connectivity index (χ3n) is 4.63. The second-order valence-corrected chi connectivity index (χ2v) is 6.97. The maximum atomic E-state index is 3.66. The Morgan fingerprint density at radius 1 is 0.880 bits per heavy atom. The molecule has 1 N–H and O–H groups in total. The number of anilines is 1. The Labute approximate surface area is 153 Å². The third-order valence-corrected chi connectivity index (χ3v) is 5.46. The summed E-state index contributed by atoms with van der Waals surface area (Å²) in [5.41, 5.74) is 5.21. The van der Waals surface area contributed by atoms with E-state index in [9.17, 15) is 0 Å². The summed E-state index contributed by atoms with van der Waals surface area (Å²) in [6, 6.07) is 19.7. The molecule has 1 aliphatic rings. The quantitative estimate of drug-likeness (QED) is 0.547. The lowest BCUT2D eigenvalue weighted by Gasteiger charge is -2.18. The highest BCUT2D eigenvalue weighted by molar-refractivity contribution is 7.99. The van der Waals surface area contributed by atoms with Crippen molar-refractivity contribution in [1.82, 2.24) is 0 Å². The van der Waals surface area contributed by atoms with Crippen LogP contribution < -0.4 is 5.32 Å². The first-order valence-electron chi connectivity index (χ1n) is 8.62. The predicted octanol–water partition coefficient (Wildman–Crippen LogP) is 6.31. The van der Waals surface area contributed by atoms with Crippen LogP contribution in [0.3, 0.4) is 0 Å². The minimum atomic E-state index is 0.847. The Morgan fingerprint density at radius 2 is 1.68 bits per heavy atom. The number of rotatable bonds is 2. The maximum absolute atomic E-state index is 3.66. The van der Waals surface area contributed by atoms with E-state index in [2.05, 4.69) is 90.5 Å². The van der Waals surface area contributed by atoms with E-state index in [-0.39, 0.29) is 0 Å². The van der Waals surface area contributed by atoms with E-state index in [4.69, 9.17) is 0 Å². The third kappa shape index (κ3) is 3.10. The molecular weight excluding hydrogens is 322 g/mol. The number of nitrogens with one attached hydrogen (secondary N) is 1. The van der Waals surface area contributed by atoms with Gasteiger partial charge in [-0.15, -0.1) is 11.8 Å². The molecule has 0 unspecified atom stereocenters. The van der Waals surface area contributed by atoms with Gasteiger partial charge < -0.3 is 5.32 Å². The van der Waals surface area contributed by atoms with Crippen molar-refractivity contribution in [2.75, 3.05) is 18.1 Å². The molecule has 0 saturated heterocycles. The van der Waals surface area contributed by atoms with Gasteiger partial charge in [0.05, 0.1) is 0 Å². The van der Waals surface area contributed by atoms with Gasteiger partial charge in [0.2, 0.25) is 0 Å². The fourth-order valence-corrected chi connectivity index (χ4v) is 4.27.